The molecule has 0 radical (unpaired) electrons. The Labute approximate surface area is 151 Å². The highest BCUT2D eigenvalue weighted by Crippen LogP contribution is 2.25. The lowest BCUT2D eigenvalue weighted by Crippen LogP contribution is -2.32. The number of nitrogens with two attached hydrogens (primary N) is 1. The first-order valence-electron chi connectivity index (χ1n) is 8.52. The third-order valence-electron chi connectivity index (χ3n) is 4.19. The van der Waals surface area contributed by atoms with Crippen molar-refractivity contribution < 1.29 is 9.21 Å². The molecule has 0 aromatic carbocycles. The molecular formula is C17H23N5O2S. The second-order valence-corrected chi connectivity index (χ2v) is 7.37. The Hall–Kier alpha value is -2.22. The van der Waals surface area contributed by atoms with Crippen LogP contribution < -0.4 is 11.2 Å². The Kier molecular flexibility index (Phi) is 5.80. The molecule has 3 N–H and O–H groups in total. The number of hydrogen-bond acceptors (Lipinski definition) is 6. The maximum Gasteiger partial charge on any atom is 0.233 e. The van der Waals surface area contributed by atoms with Gasteiger partial charge in [0.2, 0.25) is 16.9 Å². The highest BCUT2D eigenvalue weighted by molar-refractivity contribution is 8.00. The molecule has 2 aromatic rings. The van der Waals surface area contributed by atoms with Crippen molar-refractivity contribution in [2.24, 2.45) is 0 Å². The topological polar surface area (TPSA) is 99.0 Å². The Balaban J connectivity index is 1.50. The fraction of sp³-hybridized carbons (Fsp3) is 0.471. The van der Waals surface area contributed by atoms with Gasteiger partial charge in [-0.15, -0.1) is 10.2 Å². The van der Waals surface area contributed by atoms with E-state index in [1.54, 1.807) is 18.4 Å². The molecule has 1 atom stereocenters. The highest BCUT2D eigenvalue weighted by Gasteiger charge is 2.20. The zero-order valence-electron chi connectivity index (χ0n) is 14.3. The van der Waals surface area contributed by atoms with Crippen LogP contribution in [0, 0.1) is 0 Å². The second-order valence-electron chi connectivity index (χ2n) is 6.06. The normalized spacial score (nSPS) is 15.6. The predicted molar refractivity (Wildman–Crippen MR) is 97.4 cm³/mol. The van der Waals surface area contributed by atoms with E-state index in [-0.39, 0.29) is 11.2 Å². The summed E-state index contributed by atoms with van der Waals surface area (Å²) in [5.41, 5.74) is 1.46. The SMILES string of the molecule is C[C@H](Sc1nnc(-c2ccco2)n1N)C(=O)NCCC1=CCCCC1. The molecule has 0 fully saturated rings. The van der Waals surface area contributed by atoms with E-state index in [0.717, 1.165) is 12.8 Å². The van der Waals surface area contributed by atoms with Gasteiger partial charge in [0.05, 0.1) is 11.5 Å². The zero-order valence-corrected chi connectivity index (χ0v) is 15.1. The van der Waals surface area contributed by atoms with Crippen LogP contribution in [0.25, 0.3) is 11.6 Å². The van der Waals surface area contributed by atoms with Crippen LogP contribution in [0.1, 0.15) is 39.0 Å². The van der Waals surface area contributed by atoms with Gasteiger partial charge in [-0.2, -0.15) is 0 Å². The number of allylic oxidation sites excluding steroid dienone is 1. The van der Waals surface area contributed by atoms with Crippen LogP contribution in [0.3, 0.4) is 0 Å². The number of amides is 1. The molecular weight excluding hydrogens is 338 g/mol. The molecule has 2 heterocycles. The predicted octanol–water partition coefficient (Wildman–Crippen LogP) is 2.74. The van der Waals surface area contributed by atoms with E-state index in [4.69, 9.17) is 10.3 Å². The number of hydrogen-bond donors (Lipinski definition) is 2. The molecule has 25 heavy (non-hydrogen) atoms. The van der Waals surface area contributed by atoms with Crippen molar-refractivity contribution in [2.75, 3.05) is 12.4 Å². The number of nitrogens with zero attached hydrogens (tertiary/aromatic N) is 3. The highest BCUT2D eigenvalue weighted by atomic mass is 32.2. The van der Waals surface area contributed by atoms with Gasteiger partial charge < -0.3 is 15.6 Å². The summed E-state index contributed by atoms with van der Waals surface area (Å²) in [4.78, 5) is 12.3. The lowest BCUT2D eigenvalue weighted by atomic mass is 9.97. The van der Waals surface area contributed by atoms with Crippen molar-refractivity contribution in [2.45, 2.75) is 49.4 Å². The molecule has 1 aliphatic rings. The number of aromatic nitrogens is 3. The average Bonchev–Trinajstić information content (AvgIpc) is 3.26. The minimum absolute atomic E-state index is 0.0241. The van der Waals surface area contributed by atoms with E-state index >= 15 is 0 Å². The Morgan fingerprint density at radius 1 is 1.48 bits per heavy atom. The Morgan fingerprint density at radius 3 is 3.08 bits per heavy atom. The number of thioether (sulfide) groups is 1. The molecule has 1 aliphatic carbocycles. The summed E-state index contributed by atoms with van der Waals surface area (Å²) < 4.78 is 6.63. The average molecular weight is 361 g/mol. The van der Waals surface area contributed by atoms with Gasteiger partial charge in [0, 0.05) is 6.54 Å². The number of carbonyl (C=O) groups is 1. The van der Waals surface area contributed by atoms with Crippen molar-refractivity contribution >= 4 is 17.7 Å². The molecule has 0 saturated heterocycles. The van der Waals surface area contributed by atoms with Crippen molar-refractivity contribution in [3.8, 4) is 11.6 Å². The monoisotopic (exact) mass is 361 g/mol. The first-order chi connectivity index (χ1) is 12.1. The minimum atomic E-state index is -0.309. The summed E-state index contributed by atoms with van der Waals surface area (Å²) in [7, 11) is 0. The number of nitrogens with one attached hydrogen (secondary N) is 1. The molecule has 0 spiro atoms. The lowest BCUT2D eigenvalue weighted by Gasteiger charge is -2.14. The number of furan rings is 1. The summed E-state index contributed by atoms with van der Waals surface area (Å²) >= 11 is 1.28. The maximum atomic E-state index is 12.3. The summed E-state index contributed by atoms with van der Waals surface area (Å²) in [5.74, 6) is 6.96. The molecule has 7 nitrogen and oxygen atoms in total. The van der Waals surface area contributed by atoms with Gasteiger partial charge in [0.1, 0.15) is 0 Å². The fourth-order valence-electron chi connectivity index (χ4n) is 2.76. The smallest absolute Gasteiger partial charge is 0.233 e. The van der Waals surface area contributed by atoms with Gasteiger partial charge in [0.15, 0.2) is 5.76 Å². The van der Waals surface area contributed by atoms with E-state index in [1.807, 2.05) is 6.92 Å². The van der Waals surface area contributed by atoms with E-state index in [0.29, 0.717) is 23.3 Å². The van der Waals surface area contributed by atoms with E-state index in [1.165, 1.54) is 41.3 Å². The van der Waals surface area contributed by atoms with Crippen LogP contribution >= 0.6 is 11.8 Å². The van der Waals surface area contributed by atoms with Crippen LogP contribution in [0.2, 0.25) is 0 Å². The largest absolute Gasteiger partial charge is 0.461 e. The van der Waals surface area contributed by atoms with Crippen molar-refractivity contribution in [1.82, 2.24) is 20.2 Å². The lowest BCUT2D eigenvalue weighted by molar-refractivity contribution is -0.120. The van der Waals surface area contributed by atoms with E-state index in [9.17, 15) is 4.79 Å². The minimum Gasteiger partial charge on any atom is -0.461 e. The third-order valence-corrected chi connectivity index (χ3v) is 5.24. The van der Waals surface area contributed by atoms with Gasteiger partial charge in [-0.1, -0.05) is 23.4 Å². The summed E-state index contributed by atoms with van der Waals surface area (Å²) in [6, 6.07) is 3.52. The molecule has 0 aliphatic heterocycles. The van der Waals surface area contributed by atoms with Gasteiger partial charge in [-0.05, 0) is 51.2 Å². The van der Waals surface area contributed by atoms with Crippen molar-refractivity contribution in [1.29, 1.82) is 0 Å². The first-order valence-corrected chi connectivity index (χ1v) is 9.40. The van der Waals surface area contributed by atoms with Crippen LogP contribution in [0.15, 0.2) is 39.6 Å². The van der Waals surface area contributed by atoms with Gasteiger partial charge in [0.25, 0.3) is 0 Å². The van der Waals surface area contributed by atoms with E-state index < -0.39 is 0 Å². The Morgan fingerprint density at radius 2 is 2.36 bits per heavy atom. The number of carbonyl (C=O) groups excluding carboxylic acids is 1. The zero-order chi connectivity index (χ0) is 17.6. The van der Waals surface area contributed by atoms with Gasteiger partial charge in [-0.25, -0.2) is 4.68 Å². The Bertz CT molecular complexity index is 738. The molecule has 3 rings (SSSR count). The van der Waals surface area contributed by atoms with Crippen LogP contribution in [0.5, 0.6) is 0 Å². The molecule has 134 valence electrons. The molecule has 2 aromatic heterocycles. The van der Waals surface area contributed by atoms with Crippen LogP contribution in [-0.4, -0.2) is 32.6 Å². The van der Waals surface area contributed by atoms with Crippen LogP contribution in [-0.2, 0) is 4.79 Å². The fourth-order valence-corrected chi connectivity index (χ4v) is 3.56. The number of rotatable bonds is 7. The molecule has 0 saturated carbocycles. The summed E-state index contributed by atoms with van der Waals surface area (Å²) in [6.45, 7) is 2.50. The first kappa shape index (κ1) is 17.6. The molecule has 0 bridgehead atoms. The van der Waals surface area contributed by atoms with Crippen molar-refractivity contribution in [3.05, 3.63) is 30.0 Å². The van der Waals surface area contributed by atoms with E-state index in [2.05, 4.69) is 21.6 Å². The summed E-state index contributed by atoms with van der Waals surface area (Å²) in [6.07, 6.45) is 9.65. The summed E-state index contributed by atoms with van der Waals surface area (Å²) in [5, 5.41) is 11.2. The quantitative estimate of drug-likeness (QED) is 0.447. The maximum absolute atomic E-state index is 12.3. The third kappa shape index (κ3) is 4.45. The standard InChI is InChI=1S/C17H23N5O2S/c1-12(16(23)19-10-9-13-6-3-2-4-7-13)25-17-21-20-15(22(17)18)14-8-5-11-24-14/h5-6,8,11-12H,2-4,7,9-10,18H2,1H3,(H,19,23)/t12-/m0/s1. The number of nitrogen functional groups attached to an aromatic ring is 1. The second kappa shape index (κ2) is 8.24. The van der Waals surface area contributed by atoms with Gasteiger partial charge in [-0.3, -0.25) is 4.79 Å². The van der Waals surface area contributed by atoms with Crippen molar-refractivity contribution in [3.63, 3.8) is 0 Å². The molecule has 0 unspecified atom stereocenters. The van der Waals surface area contributed by atoms with Crippen LogP contribution in [0.4, 0.5) is 0 Å². The van der Waals surface area contributed by atoms with Gasteiger partial charge >= 0.3 is 0 Å². The molecule has 1 amide bonds. The molecule has 8 heteroatoms.